The molecule has 0 aromatic rings. The molecule has 0 saturated heterocycles. The van der Waals surface area contributed by atoms with Crippen LogP contribution in [0.25, 0.3) is 0 Å². The average Bonchev–Trinajstić information content (AvgIpc) is 2.24. The maximum atomic E-state index is 11.3. The van der Waals surface area contributed by atoms with E-state index in [0.717, 1.165) is 12.2 Å². The smallest absolute Gasteiger partial charge is 0.310 e. The van der Waals surface area contributed by atoms with Crippen molar-refractivity contribution in [1.29, 1.82) is 5.26 Å². The number of carbonyl (C=O) groups is 2. The van der Waals surface area contributed by atoms with Crippen LogP contribution in [0.15, 0.2) is 0 Å². The molecule has 0 aromatic carbocycles. The Morgan fingerprint density at radius 3 is 2.60 bits per heavy atom. The van der Waals surface area contributed by atoms with Crippen molar-refractivity contribution in [2.75, 3.05) is 18.6 Å². The Labute approximate surface area is 93.6 Å². The van der Waals surface area contributed by atoms with Gasteiger partial charge in [-0.25, -0.2) is 0 Å². The van der Waals surface area contributed by atoms with Crippen molar-refractivity contribution in [1.82, 2.24) is 10.6 Å². The molecule has 0 saturated carbocycles. The Morgan fingerprint density at radius 2 is 2.13 bits per heavy atom. The summed E-state index contributed by atoms with van der Waals surface area (Å²) in [5.41, 5.74) is 0. The van der Waals surface area contributed by atoms with Crippen LogP contribution in [0.1, 0.15) is 13.3 Å². The van der Waals surface area contributed by atoms with Gasteiger partial charge in [0.15, 0.2) is 0 Å². The number of thioether (sulfide) groups is 1. The number of carbonyl (C=O) groups excluding carboxylic acids is 2. The van der Waals surface area contributed by atoms with E-state index in [1.54, 1.807) is 17.8 Å². The van der Waals surface area contributed by atoms with Gasteiger partial charge in [0.2, 0.25) is 0 Å². The Morgan fingerprint density at radius 1 is 1.47 bits per heavy atom. The Kier molecular flexibility index (Phi) is 7.46. The lowest BCUT2D eigenvalue weighted by molar-refractivity contribution is -0.139. The zero-order chi connectivity index (χ0) is 11.7. The molecule has 0 aliphatic carbocycles. The molecule has 0 rings (SSSR count). The molecule has 0 spiro atoms. The van der Waals surface area contributed by atoms with Crippen molar-refractivity contribution in [3.05, 3.63) is 0 Å². The van der Waals surface area contributed by atoms with Gasteiger partial charge in [-0.3, -0.25) is 9.59 Å². The number of nitrogens with zero attached hydrogens (tertiary/aromatic N) is 1. The lowest BCUT2D eigenvalue weighted by atomic mass is 10.2. The lowest BCUT2D eigenvalue weighted by Crippen LogP contribution is -2.45. The fraction of sp³-hybridized carbons (Fsp3) is 0.667. The number of nitrogens with one attached hydrogen (secondary N) is 2. The third-order valence-corrected chi connectivity index (χ3v) is 2.47. The van der Waals surface area contributed by atoms with E-state index >= 15 is 0 Å². The first-order chi connectivity index (χ1) is 7.15. The summed E-state index contributed by atoms with van der Waals surface area (Å²) in [4.78, 5) is 22.3. The van der Waals surface area contributed by atoms with E-state index in [2.05, 4.69) is 10.6 Å². The third-order valence-electron chi connectivity index (χ3n) is 1.73. The molecule has 15 heavy (non-hydrogen) atoms. The van der Waals surface area contributed by atoms with Crippen molar-refractivity contribution in [2.24, 2.45) is 0 Å². The normalized spacial score (nSPS) is 11.3. The van der Waals surface area contributed by atoms with Gasteiger partial charge in [-0.2, -0.15) is 17.0 Å². The van der Waals surface area contributed by atoms with E-state index in [9.17, 15) is 9.59 Å². The van der Waals surface area contributed by atoms with E-state index in [0.29, 0.717) is 0 Å². The molecule has 6 heteroatoms. The summed E-state index contributed by atoms with van der Waals surface area (Å²) < 4.78 is 0. The van der Waals surface area contributed by atoms with Crippen LogP contribution in [0, 0.1) is 11.3 Å². The number of amides is 2. The van der Waals surface area contributed by atoms with Gasteiger partial charge in [-0.1, -0.05) is 6.92 Å². The predicted molar refractivity (Wildman–Crippen MR) is 59.2 cm³/mol. The largest absolute Gasteiger partial charge is 0.344 e. The highest BCUT2D eigenvalue weighted by Gasteiger charge is 2.16. The molecule has 0 radical (unpaired) electrons. The molecule has 0 aromatic heterocycles. The van der Waals surface area contributed by atoms with E-state index in [1.165, 1.54) is 0 Å². The van der Waals surface area contributed by atoms with Crippen LogP contribution >= 0.6 is 11.8 Å². The van der Waals surface area contributed by atoms with Gasteiger partial charge >= 0.3 is 11.8 Å². The molecule has 5 nitrogen and oxygen atoms in total. The van der Waals surface area contributed by atoms with Crippen LogP contribution in [-0.4, -0.2) is 36.4 Å². The number of nitriles is 1. The fourth-order valence-corrected chi connectivity index (χ4v) is 1.64. The number of rotatable bonds is 5. The van der Waals surface area contributed by atoms with Crippen molar-refractivity contribution in [3.63, 3.8) is 0 Å². The molecule has 0 fully saturated rings. The standard InChI is InChI=1S/C9H15N3O2S/c1-3-7(6-15-2)12-9(14)8(13)11-5-4-10/h7H,3,5-6H2,1-2H3,(H,11,13)(H,12,14). The summed E-state index contributed by atoms with van der Waals surface area (Å²) in [6.07, 6.45) is 2.71. The van der Waals surface area contributed by atoms with Crippen LogP contribution in [0.4, 0.5) is 0 Å². The fourth-order valence-electron chi connectivity index (χ4n) is 0.914. The summed E-state index contributed by atoms with van der Waals surface area (Å²) >= 11 is 1.61. The Bertz CT molecular complexity index is 263. The summed E-state index contributed by atoms with van der Waals surface area (Å²) in [7, 11) is 0. The second-order valence-electron chi connectivity index (χ2n) is 2.87. The van der Waals surface area contributed by atoms with Gasteiger partial charge in [0.25, 0.3) is 0 Å². The molecule has 0 aliphatic rings. The molecule has 0 heterocycles. The number of hydrogen-bond acceptors (Lipinski definition) is 4. The molecule has 1 unspecified atom stereocenters. The predicted octanol–water partition coefficient (Wildman–Crippen LogP) is -0.116. The van der Waals surface area contributed by atoms with E-state index in [-0.39, 0.29) is 12.6 Å². The Balaban J connectivity index is 3.99. The highest BCUT2D eigenvalue weighted by molar-refractivity contribution is 7.98. The molecular formula is C9H15N3O2S. The van der Waals surface area contributed by atoms with Crippen molar-refractivity contribution in [3.8, 4) is 6.07 Å². The number of hydrogen-bond donors (Lipinski definition) is 2. The minimum atomic E-state index is -0.754. The molecule has 84 valence electrons. The summed E-state index contributed by atoms with van der Waals surface area (Å²) in [5.74, 6) is -0.657. The minimum absolute atomic E-state index is 0.000311. The van der Waals surface area contributed by atoms with E-state index in [1.807, 2.05) is 13.2 Å². The van der Waals surface area contributed by atoms with E-state index in [4.69, 9.17) is 5.26 Å². The maximum Gasteiger partial charge on any atom is 0.310 e. The monoisotopic (exact) mass is 229 g/mol. The van der Waals surface area contributed by atoms with Crippen LogP contribution in [-0.2, 0) is 9.59 Å². The van der Waals surface area contributed by atoms with Crippen LogP contribution < -0.4 is 10.6 Å². The van der Waals surface area contributed by atoms with Gasteiger partial charge in [0.05, 0.1) is 6.07 Å². The molecule has 2 amide bonds. The minimum Gasteiger partial charge on any atom is -0.344 e. The third kappa shape index (κ3) is 5.96. The topological polar surface area (TPSA) is 82.0 Å². The zero-order valence-electron chi connectivity index (χ0n) is 8.87. The molecular weight excluding hydrogens is 214 g/mol. The summed E-state index contributed by atoms with van der Waals surface area (Å²) in [6.45, 7) is 1.79. The first-order valence-corrected chi connectivity index (χ1v) is 5.99. The first kappa shape index (κ1) is 13.8. The zero-order valence-corrected chi connectivity index (χ0v) is 9.69. The van der Waals surface area contributed by atoms with Crippen molar-refractivity contribution in [2.45, 2.75) is 19.4 Å². The summed E-state index contributed by atoms with van der Waals surface area (Å²) in [6, 6.07) is 1.73. The van der Waals surface area contributed by atoms with E-state index < -0.39 is 11.8 Å². The summed E-state index contributed by atoms with van der Waals surface area (Å²) in [5, 5.41) is 13.0. The van der Waals surface area contributed by atoms with Gasteiger partial charge in [-0.15, -0.1) is 0 Å². The SMILES string of the molecule is CCC(CSC)NC(=O)C(=O)NCC#N. The molecule has 1 atom stereocenters. The van der Waals surface area contributed by atoms with Gasteiger partial charge in [0, 0.05) is 11.8 Å². The molecule has 2 N–H and O–H groups in total. The van der Waals surface area contributed by atoms with Crippen LogP contribution in [0.2, 0.25) is 0 Å². The second-order valence-corrected chi connectivity index (χ2v) is 3.79. The van der Waals surface area contributed by atoms with Crippen molar-refractivity contribution >= 4 is 23.6 Å². The average molecular weight is 229 g/mol. The quantitative estimate of drug-likeness (QED) is 0.509. The first-order valence-electron chi connectivity index (χ1n) is 4.60. The molecule has 0 bridgehead atoms. The lowest BCUT2D eigenvalue weighted by Gasteiger charge is -2.14. The van der Waals surface area contributed by atoms with Gasteiger partial charge in [-0.05, 0) is 12.7 Å². The van der Waals surface area contributed by atoms with Crippen molar-refractivity contribution < 1.29 is 9.59 Å². The highest BCUT2D eigenvalue weighted by atomic mass is 32.2. The van der Waals surface area contributed by atoms with Gasteiger partial charge < -0.3 is 10.6 Å². The van der Waals surface area contributed by atoms with Crippen LogP contribution in [0.5, 0.6) is 0 Å². The second kappa shape index (κ2) is 8.12. The maximum absolute atomic E-state index is 11.3. The molecule has 0 aliphatic heterocycles. The Hall–Kier alpha value is -1.22. The van der Waals surface area contributed by atoms with Gasteiger partial charge in [0.1, 0.15) is 6.54 Å². The highest BCUT2D eigenvalue weighted by Crippen LogP contribution is 2.00. The van der Waals surface area contributed by atoms with Crippen LogP contribution in [0.3, 0.4) is 0 Å².